The van der Waals surface area contributed by atoms with Crippen LogP contribution < -0.4 is 5.73 Å². The Balaban J connectivity index is 2.24. The molecule has 0 amide bonds. The van der Waals surface area contributed by atoms with Gasteiger partial charge in [0.05, 0.1) is 6.54 Å². The van der Waals surface area contributed by atoms with Crippen LogP contribution in [0.2, 0.25) is 0 Å². The topological polar surface area (TPSA) is 66.6 Å². The quantitative estimate of drug-likeness (QED) is 0.843. The van der Waals surface area contributed by atoms with Crippen molar-refractivity contribution in [3.05, 3.63) is 35.9 Å². The van der Waals surface area contributed by atoms with E-state index >= 15 is 0 Å². The minimum atomic E-state index is -4.38. The smallest absolute Gasteiger partial charge is 0.401 e. The van der Waals surface area contributed by atoms with Crippen molar-refractivity contribution in [1.29, 1.82) is 0 Å². The van der Waals surface area contributed by atoms with E-state index < -0.39 is 24.2 Å². The van der Waals surface area contributed by atoms with Crippen molar-refractivity contribution < 1.29 is 23.1 Å². The Bertz CT molecular complexity index is 503. The zero-order chi connectivity index (χ0) is 15.7. The van der Waals surface area contributed by atoms with Gasteiger partial charge < -0.3 is 10.8 Å². The lowest BCUT2D eigenvalue weighted by molar-refractivity contribution is -0.156. The van der Waals surface area contributed by atoms with Crippen molar-refractivity contribution >= 4 is 5.97 Å². The van der Waals surface area contributed by atoms with Crippen LogP contribution in [0.15, 0.2) is 30.3 Å². The van der Waals surface area contributed by atoms with Crippen LogP contribution in [0, 0.1) is 0 Å². The second-order valence-corrected chi connectivity index (χ2v) is 5.39. The molecule has 0 spiro atoms. The summed E-state index contributed by atoms with van der Waals surface area (Å²) < 4.78 is 37.9. The summed E-state index contributed by atoms with van der Waals surface area (Å²) in [6, 6.07) is 7.73. The SMILES string of the molecule is NC(CN(CC(F)(F)F)C1CC1)(C(=O)O)c1ccccc1. The Morgan fingerprint density at radius 1 is 1.24 bits per heavy atom. The molecule has 7 heteroatoms. The Labute approximate surface area is 120 Å². The second-order valence-electron chi connectivity index (χ2n) is 5.39. The molecular formula is C14H17F3N2O2. The summed E-state index contributed by atoms with van der Waals surface area (Å²) in [5.74, 6) is -1.33. The first kappa shape index (κ1) is 15.8. The minimum absolute atomic E-state index is 0.238. The highest BCUT2D eigenvalue weighted by atomic mass is 19.4. The first-order valence-corrected chi connectivity index (χ1v) is 6.61. The zero-order valence-electron chi connectivity index (χ0n) is 11.3. The number of hydrogen-bond donors (Lipinski definition) is 2. The Hall–Kier alpha value is -1.60. The van der Waals surface area contributed by atoms with E-state index in [1.54, 1.807) is 18.2 Å². The molecule has 1 aliphatic rings. The maximum Gasteiger partial charge on any atom is 0.401 e. The Kier molecular flexibility index (Phi) is 4.25. The third-order valence-corrected chi connectivity index (χ3v) is 3.57. The number of nitrogens with two attached hydrogens (primary N) is 1. The number of carboxylic acids is 1. The summed E-state index contributed by atoms with van der Waals surface area (Å²) in [6.07, 6.45) is -3.10. The molecule has 0 aromatic heterocycles. The van der Waals surface area contributed by atoms with Gasteiger partial charge in [0.1, 0.15) is 0 Å². The number of nitrogens with zero attached hydrogens (tertiary/aromatic N) is 1. The van der Waals surface area contributed by atoms with Crippen LogP contribution in [0.25, 0.3) is 0 Å². The molecule has 2 rings (SSSR count). The average Bonchev–Trinajstić information content (AvgIpc) is 3.21. The van der Waals surface area contributed by atoms with Crippen LogP contribution in [0.3, 0.4) is 0 Å². The number of benzene rings is 1. The molecule has 116 valence electrons. The number of carbonyl (C=O) groups is 1. The lowest BCUT2D eigenvalue weighted by Crippen LogP contribution is -2.55. The molecule has 1 aromatic rings. The van der Waals surface area contributed by atoms with Crippen LogP contribution in [-0.2, 0) is 10.3 Å². The second kappa shape index (κ2) is 5.65. The van der Waals surface area contributed by atoms with E-state index in [0.29, 0.717) is 18.4 Å². The van der Waals surface area contributed by atoms with E-state index in [9.17, 15) is 23.1 Å². The maximum absolute atomic E-state index is 12.6. The summed E-state index contributed by atoms with van der Waals surface area (Å²) in [5.41, 5.74) is 4.38. The highest BCUT2D eigenvalue weighted by molar-refractivity contribution is 5.80. The molecule has 21 heavy (non-hydrogen) atoms. The largest absolute Gasteiger partial charge is 0.480 e. The third kappa shape index (κ3) is 3.95. The van der Waals surface area contributed by atoms with Gasteiger partial charge in [0, 0.05) is 12.6 Å². The summed E-state index contributed by atoms with van der Waals surface area (Å²) in [6.45, 7) is -1.51. The van der Waals surface area contributed by atoms with Gasteiger partial charge in [0.25, 0.3) is 0 Å². The summed E-state index contributed by atoms with van der Waals surface area (Å²) in [7, 11) is 0. The van der Waals surface area contributed by atoms with E-state index in [1.807, 2.05) is 0 Å². The molecule has 0 saturated heterocycles. The molecule has 1 atom stereocenters. The molecule has 0 bridgehead atoms. The van der Waals surface area contributed by atoms with Crippen LogP contribution in [0.1, 0.15) is 18.4 Å². The van der Waals surface area contributed by atoms with Crippen LogP contribution in [-0.4, -0.2) is 41.3 Å². The van der Waals surface area contributed by atoms with Crippen molar-refractivity contribution in [3.8, 4) is 0 Å². The summed E-state index contributed by atoms with van der Waals surface area (Å²) >= 11 is 0. The van der Waals surface area contributed by atoms with Crippen molar-refractivity contribution in [1.82, 2.24) is 4.90 Å². The number of alkyl halides is 3. The Morgan fingerprint density at radius 3 is 2.24 bits per heavy atom. The number of carboxylic acid groups (broad SMARTS) is 1. The highest BCUT2D eigenvalue weighted by Gasteiger charge is 2.45. The summed E-state index contributed by atoms with van der Waals surface area (Å²) in [4.78, 5) is 12.7. The molecule has 1 aromatic carbocycles. The fourth-order valence-electron chi connectivity index (χ4n) is 2.32. The molecule has 0 heterocycles. The molecule has 1 aliphatic carbocycles. The van der Waals surface area contributed by atoms with Crippen molar-refractivity contribution in [3.63, 3.8) is 0 Å². The van der Waals surface area contributed by atoms with E-state index in [0.717, 1.165) is 4.90 Å². The zero-order valence-corrected chi connectivity index (χ0v) is 11.3. The van der Waals surface area contributed by atoms with E-state index in [1.165, 1.54) is 12.1 Å². The van der Waals surface area contributed by atoms with Crippen molar-refractivity contribution in [2.24, 2.45) is 5.73 Å². The average molecular weight is 302 g/mol. The molecule has 3 N–H and O–H groups in total. The number of aliphatic carboxylic acids is 1. The van der Waals surface area contributed by atoms with Gasteiger partial charge in [-0.15, -0.1) is 0 Å². The van der Waals surface area contributed by atoms with Crippen molar-refractivity contribution in [2.45, 2.75) is 30.6 Å². The standard InChI is InChI=1S/C14H17F3N2O2/c15-14(16,17)9-19(11-6-7-11)8-13(18,12(20)21)10-4-2-1-3-5-10/h1-5,11H,6-9,18H2,(H,20,21). The van der Waals surface area contributed by atoms with Gasteiger partial charge in [0.15, 0.2) is 5.54 Å². The third-order valence-electron chi connectivity index (χ3n) is 3.57. The first-order valence-electron chi connectivity index (χ1n) is 6.61. The first-order chi connectivity index (χ1) is 9.72. The molecular weight excluding hydrogens is 285 g/mol. The predicted octanol–water partition coefficient (Wildman–Crippen LogP) is 1.95. The van der Waals surface area contributed by atoms with Gasteiger partial charge in [0.2, 0.25) is 0 Å². The molecule has 4 nitrogen and oxygen atoms in total. The van der Waals surface area contributed by atoms with Gasteiger partial charge in [-0.2, -0.15) is 13.2 Å². The molecule has 0 radical (unpaired) electrons. The molecule has 1 saturated carbocycles. The van der Waals surface area contributed by atoms with Crippen LogP contribution in [0.4, 0.5) is 13.2 Å². The summed E-state index contributed by atoms with van der Waals surface area (Å²) in [5, 5.41) is 9.40. The lowest BCUT2D eigenvalue weighted by Gasteiger charge is -2.33. The van der Waals surface area contributed by atoms with E-state index in [2.05, 4.69) is 0 Å². The maximum atomic E-state index is 12.6. The molecule has 0 aliphatic heterocycles. The number of halogens is 3. The van der Waals surface area contributed by atoms with E-state index in [-0.39, 0.29) is 12.6 Å². The number of rotatable bonds is 6. The van der Waals surface area contributed by atoms with Gasteiger partial charge in [-0.25, -0.2) is 4.79 Å². The van der Waals surface area contributed by atoms with Gasteiger partial charge in [-0.3, -0.25) is 4.90 Å². The Morgan fingerprint density at radius 2 is 1.81 bits per heavy atom. The van der Waals surface area contributed by atoms with Crippen LogP contribution in [0.5, 0.6) is 0 Å². The fourth-order valence-corrected chi connectivity index (χ4v) is 2.32. The van der Waals surface area contributed by atoms with Gasteiger partial charge >= 0.3 is 12.1 Å². The van der Waals surface area contributed by atoms with E-state index in [4.69, 9.17) is 5.73 Å². The fraction of sp³-hybridized carbons (Fsp3) is 0.500. The lowest BCUT2D eigenvalue weighted by atomic mass is 9.90. The molecule has 1 fully saturated rings. The van der Waals surface area contributed by atoms with Crippen LogP contribution >= 0.6 is 0 Å². The van der Waals surface area contributed by atoms with Gasteiger partial charge in [-0.1, -0.05) is 30.3 Å². The minimum Gasteiger partial charge on any atom is -0.480 e. The normalized spacial score (nSPS) is 18.5. The number of hydrogen-bond acceptors (Lipinski definition) is 3. The molecule has 1 unspecified atom stereocenters. The highest BCUT2D eigenvalue weighted by Crippen LogP contribution is 2.33. The monoisotopic (exact) mass is 302 g/mol. The van der Waals surface area contributed by atoms with Gasteiger partial charge in [-0.05, 0) is 18.4 Å². The van der Waals surface area contributed by atoms with Crippen molar-refractivity contribution in [2.75, 3.05) is 13.1 Å². The predicted molar refractivity (Wildman–Crippen MR) is 70.6 cm³/mol.